The average Bonchev–Trinajstić information content (AvgIpc) is 2.59. The van der Waals surface area contributed by atoms with Gasteiger partial charge in [-0.15, -0.1) is 0 Å². The number of carbonyl (C=O) groups excluding carboxylic acids is 1. The van der Waals surface area contributed by atoms with Crippen LogP contribution in [0.25, 0.3) is 0 Å². The average molecular weight is 328 g/mol. The minimum Gasteiger partial charge on any atom is -0.494 e. The lowest BCUT2D eigenvalue weighted by atomic mass is 9.90. The van der Waals surface area contributed by atoms with Crippen LogP contribution in [0.15, 0.2) is 42.5 Å². The molecule has 1 amide bonds. The molecule has 0 bridgehead atoms. The van der Waals surface area contributed by atoms with Crippen LogP contribution in [0.5, 0.6) is 5.75 Å². The number of rotatable bonds is 5. The first-order chi connectivity index (χ1) is 11.6. The summed E-state index contributed by atoms with van der Waals surface area (Å²) in [7, 11) is 1.46. The molecule has 0 saturated carbocycles. The Morgan fingerprint density at radius 1 is 1.33 bits per heavy atom. The summed E-state index contributed by atoms with van der Waals surface area (Å²) >= 11 is 0. The Bertz CT molecular complexity index is 748. The van der Waals surface area contributed by atoms with Gasteiger partial charge in [-0.25, -0.2) is 4.39 Å². The van der Waals surface area contributed by atoms with E-state index in [1.54, 1.807) is 12.1 Å². The molecule has 0 unspecified atom stereocenters. The Morgan fingerprint density at radius 3 is 2.92 bits per heavy atom. The molecule has 2 N–H and O–H groups in total. The monoisotopic (exact) mass is 328 g/mol. The number of nitrogens with one attached hydrogen (secondary N) is 2. The van der Waals surface area contributed by atoms with Crippen LogP contribution in [-0.4, -0.2) is 19.6 Å². The van der Waals surface area contributed by atoms with Gasteiger partial charge in [0, 0.05) is 30.6 Å². The fourth-order valence-corrected chi connectivity index (χ4v) is 3.07. The fraction of sp³-hybridized carbons (Fsp3) is 0.316. The van der Waals surface area contributed by atoms with E-state index in [0.29, 0.717) is 13.0 Å². The Kier molecular flexibility index (Phi) is 4.81. The lowest BCUT2D eigenvalue weighted by molar-refractivity contribution is -0.116. The third-order valence-electron chi connectivity index (χ3n) is 4.45. The molecule has 2 aromatic carbocycles. The van der Waals surface area contributed by atoms with Gasteiger partial charge in [-0.2, -0.15) is 0 Å². The summed E-state index contributed by atoms with van der Waals surface area (Å²) < 4.78 is 18.6. The Morgan fingerprint density at radius 2 is 2.12 bits per heavy atom. The summed E-state index contributed by atoms with van der Waals surface area (Å²) in [4.78, 5) is 11.9. The SMILES string of the molecule is COc1cc([C@@H](C)NC[C@@H]2CC(=O)Nc3ccccc32)ccc1F. The molecule has 1 aliphatic heterocycles. The number of benzene rings is 2. The van der Waals surface area contributed by atoms with Crippen molar-refractivity contribution in [1.82, 2.24) is 5.32 Å². The number of methoxy groups -OCH3 is 1. The van der Waals surface area contributed by atoms with Crippen molar-refractivity contribution < 1.29 is 13.9 Å². The molecule has 4 nitrogen and oxygen atoms in total. The molecule has 2 aromatic rings. The van der Waals surface area contributed by atoms with E-state index in [-0.39, 0.29) is 29.4 Å². The number of hydrogen-bond acceptors (Lipinski definition) is 3. The first kappa shape index (κ1) is 16.5. The summed E-state index contributed by atoms with van der Waals surface area (Å²) in [6, 6.07) is 12.8. The van der Waals surface area contributed by atoms with E-state index in [2.05, 4.69) is 10.6 Å². The van der Waals surface area contributed by atoms with Crippen molar-refractivity contribution in [3.05, 3.63) is 59.4 Å². The minimum atomic E-state index is -0.369. The minimum absolute atomic E-state index is 0.0247. The predicted molar refractivity (Wildman–Crippen MR) is 91.8 cm³/mol. The molecule has 0 saturated heterocycles. The Hall–Kier alpha value is -2.40. The quantitative estimate of drug-likeness (QED) is 0.881. The molecule has 2 atom stereocenters. The van der Waals surface area contributed by atoms with Crippen molar-refractivity contribution in [3.63, 3.8) is 0 Å². The maximum atomic E-state index is 13.5. The molecule has 24 heavy (non-hydrogen) atoms. The van der Waals surface area contributed by atoms with E-state index in [1.807, 2.05) is 31.2 Å². The number of carbonyl (C=O) groups is 1. The molecule has 0 radical (unpaired) electrons. The van der Waals surface area contributed by atoms with Crippen LogP contribution < -0.4 is 15.4 Å². The molecule has 3 rings (SSSR count). The van der Waals surface area contributed by atoms with Crippen LogP contribution in [0.2, 0.25) is 0 Å². The zero-order chi connectivity index (χ0) is 17.1. The number of para-hydroxylation sites is 1. The smallest absolute Gasteiger partial charge is 0.225 e. The maximum Gasteiger partial charge on any atom is 0.225 e. The summed E-state index contributed by atoms with van der Waals surface area (Å²) in [5, 5.41) is 6.35. The zero-order valence-corrected chi connectivity index (χ0v) is 13.8. The first-order valence-electron chi connectivity index (χ1n) is 8.04. The van der Waals surface area contributed by atoms with Crippen molar-refractivity contribution in [2.24, 2.45) is 0 Å². The van der Waals surface area contributed by atoms with Gasteiger partial charge in [-0.05, 0) is 36.2 Å². The van der Waals surface area contributed by atoms with Gasteiger partial charge in [0.1, 0.15) is 0 Å². The van der Waals surface area contributed by atoms with Gasteiger partial charge in [0.2, 0.25) is 5.91 Å². The third-order valence-corrected chi connectivity index (χ3v) is 4.45. The molecule has 0 aromatic heterocycles. The summed E-state index contributed by atoms with van der Waals surface area (Å²) in [5.41, 5.74) is 2.98. The van der Waals surface area contributed by atoms with Crippen LogP contribution >= 0.6 is 0 Å². The number of ether oxygens (including phenoxy) is 1. The highest BCUT2D eigenvalue weighted by atomic mass is 19.1. The van der Waals surface area contributed by atoms with E-state index in [9.17, 15) is 9.18 Å². The lowest BCUT2D eigenvalue weighted by Gasteiger charge is -2.27. The molecule has 0 aliphatic carbocycles. The second-order valence-corrected chi connectivity index (χ2v) is 6.06. The van der Waals surface area contributed by atoms with E-state index in [1.165, 1.54) is 13.2 Å². The normalized spacial score (nSPS) is 17.8. The van der Waals surface area contributed by atoms with Gasteiger partial charge in [0.25, 0.3) is 0 Å². The van der Waals surface area contributed by atoms with Gasteiger partial charge in [-0.1, -0.05) is 24.3 Å². The third kappa shape index (κ3) is 3.41. The summed E-state index contributed by atoms with van der Waals surface area (Å²) in [5.74, 6) is 0.0335. The van der Waals surface area contributed by atoms with E-state index < -0.39 is 0 Å². The van der Waals surface area contributed by atoms with Gasteiger partial charge in [0.05, 0.1) is 7.11 Å². The first-order valence-corrected chi connectivity index (χ1v) is 8.04. The predicted octanol–water partition coefficient (Wildman–Crippen LogP) is 3.61. The van der Waals surface area contributed by atoms with E-state index in [0.717, 1.165) is 16.8 Å². The number of amides is 1. The molecule has 0 spiro atoms. The molecule has 1 heterocycles. The Labute approximate surface area is 141 Å². The molecule has 1 aliphatic rings. The highest BCUT2D eigenvalue weighted by Gasteiger charge is 2.25. The highest BCUT2D eigenvalue weighted by Crippen LogP contribution is 2.32. The highest BCUT2D eigenvalue weighted by molar-refractivity contribution is 5.94. The van der Waals surface area contributed by atoms with Crippen molar-refractivity contribution in [2.75, 3.05) is 19.0 Å². The summed E-state index contributed by atoms with van der Waals surface area (Å²) in [6.45, 7) is 2.69. The second-order valence-electron chi connectivity index (χ2n) is 6.06. The lowest BCUT2D eigenvalue weighted by Crippen LogP contribution is -2.31. The van der Waals surface area contributed by atoms with Gasteiger partial charge in [0.15, 0.2) is 11.6 Å². The summed E-state index contributed by atoms with van der Waals surface area (Å²) in [6.07, 6.45) is 0.462. The molecule has 0 fully saturated rings. The number of hydrogen-bond donors (Lipinski definition) is 2. The Balaban J connectivity index is 1.70. The van der Waals surface area contributed by atoms with Crippen LogP contribution in [0, 0.1) is 5.82 Å². The van der Waals surface area contributed by atoms with Gasteiger partial charge in [-0.3, -0.25) is 4.79 Å². The zero-order valence-electron chi connectivity index (χ0n) is 13.8. The molecule has 126 valence electrons. The molecular formula is C19H21FN2O2. The number of halogens is 1. The second kappa shape index (κ2) is 7.01. The topological polar surface area (TPSA) is 50.4 Å². The van der Waals surface area contributed by atoms with E-state index >= 15 is 0 Å². The van der Waals surface area contributed by atoms with Crippen LogP contribution in [0.3, 0.4) is 0 Å². The molecule has 5 heteroatoms. The van der Waals surface area contributed by atoms with Crippen molar-refractivity contribution in [1.29, 1.82) is 0 Å². The van der Waals surface area contributed by atoms with Crippen LogP contribution in [-0.2, 0) is 4.79 Å². The fourth-order valence-electron chi connectivity index (χ4n) is 3.07. The van der Waals surface area contributed by atoms with Crippen LogP contribution in [0.4, 0.5) is 10.1 Å². The van der Waals surface area contributed by atoms with Gasteiger partial charge < -0.3 is 15.4 Å². The largest absolute Gasteiger partial charge is 0.494 e. The van der Waals surface area contributed by atoms with Crippen molar-refractivity contribution >= 4 is 11.6 Å². The maximum absolute atomic E-state index is 13.5. The van der Waals surface area contributed by atoms with Crippen LogP contribution in [0.1, 0.15) is 36.4 Å². The van der Waals surface area contributed by atoms with Crippen molar-refractivity contribution in [3.8, 4) is 5.75 Å². The molecular weight excluding hydrogens is 307 g/mol. The standard InChI is InChI=1S/C19H21FN2O2/c1-12(13-7-8-16(20)18(9-13)24-2)21-11-14-10-19(23)22-17-6-4-3-5-15(14)17/h3-9,12,14,21H,10-11H2,1-2H3,(H,22,23)/t12-,14+/m1/s1. The van der Waals surface area contributed by atoms with Crippen molar-refractivity contribution in [2.45, 2.75) is 25.3 Å². The number of anilines is 1. The number of fused-ring (bicyclic) bond motifs is 1. The van der Waals surface area contributed by atoms with Gasteiger partial charge >= 0.3 is 0 Å². The van der Waals surface area contributed by atoms with E-state index in [4.69, 9.17) is 4.74 Å².